The molecule has 1 amide bonds. The van der Waals surface area contributed by atoms with Gasteiger partial charge in [0.15, 0.2) is 0 Å². The summed E-state index contributed by atoms with van der Waals surface area (Å²) in [7, 11) is 0. The third-order valence-electron chi connectivity index (χ3n) is 0.640. The van der Waals surface area contributed by atoms with Gasteiger partial charge in [-0.3, -0.25) is 10.1 Å². The molecule has 8 heavy (non-hydrogen) atoms. The molecule has 0 aliphatic heterocycles. The van der Waals surface area contributed by atoms with Crippen LogP contribution in [0.2, 0.25) is 0 Å². The Balaban J connectivity index is 3.24. The lowest BCUT2D eigenvalue weighted by molar-refractivity contribution is -0.110. The van der Waals surface area contributed by atoms with Crippen LogP contribution in [-0.2, 0) is 4.79 Å². The molecule has 1 radical (unpaired) electrons. The van der Waals surface area contributed by atoms with Gasteiger partial charge >= 0.3 is 0 Å². The van der Waals surface area contributed by atoms with E-state index in [0.29, 0.717) is 13.0 Å². The first-order chi connectivity index (χ1) is 3.56. The number of carbonyl (C=O) groups is 1. The van der Waals surface area contributed by atoms with Gasteiger partial charge in [0.2, 0.25) is 6.41 Å². The highest BCUT2D eigenvalue weighted by molar-refractivity contribution is 5.45. The van der Waals surface area contributed by atoms with Crippen LogP contribution in [0.4, 0.5) is 0 Å². The molecule has 0 bridgehead atoms. The van der Waals surface area contributed by atoms with Crippen molar-refractivity contribution in [3.05, 3.63) is 0 Å². The molecule has 2 heteroatoms. The van der Waals surface area contributed by atoms with Crippen LogP contribution in [0.3, 0.4) is 0 Å². The molecule has 0 aliphatic carbocycles. The second-order valence-electron chi connectivity index (χ2n) is 3.01. The number of hydrogen-bond donors (Lipinski definition) is 0. The van der Waals surface area contributed by atoms with Crippen LogP contribution in [0, 0.1) is 5.41 Å². The summed E-state index contributed by atoms with van der Waals surface area (Å²) in [6.07, 6.45) is 0.602. The molecule has 0 heterocycles. The maximum Gasteiger partial charge on any atom is 0.228 e. The molecule has 0 spiro atoms. The number of nitrogens with zero attached hydrogens (tertiary/aromatic N) is 1. The first-order valence-electron chi connectivity index (χ1n) is 2.66. The summed E-state index contributed by atoms with van der Waals surface area (Å²) in [5.74, 6) is 0. The SMILES string of the molecule is CC(C)(C)C[N]C=O. The molecule has 0 aromatic carbocycles. The molecule has 0 aromatic rings. The van der Waals surface area contributed by atoms with E-state index < -0.39 is 0 Å². The van der Waals surface area contributed by atoms with Crippen molar-refractivity contribution in [2.45, 2.75) is 20.8 Å². The van der Waals surface area contributed by atoms with Crippen molar-refractivity contribution in [1.29, 1.82) is 0 Å². The van der Waals surface area contributed by atoms with Crippen molar-refractivity contribution in [2.24, 2.45) is 5.41 Å². The van der Waals surface area contributed by atoms with Crippen LogP contribution >= 0.6 is 0 Å². The highest BCUT2D eigenvalue weighted by Gasteiger charge is 2.08. The van der Waals surface area contributed by atoms with Gasteiger partial charge in [0.25, 0.3) is 0 Å². The third kappa shape index (κ3) is 5.47. The molecule has 2 nitrogen and oxygen atoms in total. The Bertz CT molecular complexity index is 73.1. The van der Waals surface area contributed by atoms with Crippen LogP contribution in [-0.4, -0.2) is 13.0 Å². The van der Waals surface area contributed by atoms with E-state index in [1.165, 1.54) is 0 Å². The summed E-state index contributed by atoms with van der Waals surface area (Å²) < 4.78 is 0. The van der Waals surface area contributed by atoms with E-state index in [0.717, 1.165) is 0 Å². The largest absolute Gasteiger partial charge is 0.277 e. The summed E-state index contributed by atoms with van der Waals surface area (Å²) in [5, 5.41) is 3.56. The van der Waals surface area contributed by atoms with Crippen molar-refractivity contribution < 1.29 is 4.79 Å². The zero-order chi connectivity index (χ0) is 6.62. The highest BCUT2D eigenvalue weighted by Crippen LogP contribution is 2.09. The Morgan fingerprint density at radius 1 is 1.50 bits per heavy atom. The minimum atomic E-state index is 0.154. The maximum absolute atomic E-state index is 9.68. The van der Waals surface area contributed by atoms with E-state index in [9.17, 15) is 4.79 Å². The predicted molar refractivity (Wildman–Crippen MR) is 32.5 cm³/mol. The minimum Gasteiger partial charge on any atom is -0.277 e. The van der Waals surface area contributed by atoms with Gasteiger partial charge < -0.3 is 0 Å². The number of carbonyl (C=O) groups excluding carboxylic acids is 1. The smallest absolute Gasteiger partial charge is 0.228 e. The second kappa shape index (κ2) is 2.70. The monoisotopic (exact) mass is 114 g/mol. The standard InChI is InChI=1S/C6H12NO/c1-6(2,3)4-7-5-8/h5H,4H2,1-3H3. The van der Waals surface area contributed by atoms with Gasteiger partial charge in [0, 0.05) is 6.54 Å². The lowest BCUT2D eigenvalue weighted by Gasteiger charge is -2.14. The fourth-order valence-corrected chi connectivity index (χ4v) is 0.311. The van der Waals surface area contributed by atoms with Gasteiger partial charge in [0.1, 0.15) is 0 Å². The normalized spacial score (nSPS) is 10.9. The Labute approximate surface area is 50.3 Å². The fourth-order valence-electron chi connectivity index (χ4n) is 0.311. The molecule has 0 atom stereocenters. The molecule has 0 saturated carbocycles. The molecule has 0 saturated heterocycles. The average Bonchev–Trinajstić information content (AvgIpc) is 1.59. The lowest BCUT2D eigenvalue weighted by Crippen LogP contribution is -2.19. The number of rotatable bonds is 2. The van der Waals surface area contributed by atoms with Crippen LogP contribution in [0.1, 0.15) is 20.8 Å². The summed E-state index contributed by atoms with van der Waals surface area (Å²) in [5.41, 5.74) is 0.154. The van der Waals surface area contributed by atoms with E-state index in [1.54, 1.807) is 0 Å². The highest BCUT2D eigenvalue weighted by atomic mass is 16.1. The molecule has 0 rings (SSSR count). The molecule has 0 fully saturated rings. The first kappa shape index (κ1) is 7.47. The van der Waals surface area contributed by atoms with E-state index in [1.807, 2.05) is 20.8 Å². The van der Waals surface area contributed by atoms with E-state index in [-0.39, 0.29) is 5.41 Å². The van der Waals surface area contributed by atoms with Crippen LogP contribution < -0.4 is 5.32 Å². The summed E-state index contributed by atoms with van der Waals surface area (Å²) in [6.45, 7) is 6.75. The molecule has 47 valence electrons. The Morgan fingerprint density at radius 2 is 2.00 bits per heavy atom. The van der Waals surface area contributed by atoms with Crippen molar-refractivity contribution in [3.63, 3.8) is 0 Å². The van der Waals surface area contributed by atoms with Crippen LogP contribution in [0.5, 0.6) is 0 Å². The predicted octanol–water partition coefficient (Wildman–Crippen LogP) is 0.793. The van der Waals surface area contributed by atoms with E-state index in [4.69, 9.17) is 0 Å². The minimum absolute atomic E-state index is 0.154. The third-order valence-corrected chi connectivity index (χ3v) is 0.640. The van der Waals surface area contributed by atoms with Gasteiger partial charge in [0.05, 0.1) is 0 Å². The average molecular weight is 114 g/mol. The number of amides is 1. The number of hydrogen-bond acceptors (Lipinski definition) is 1. The Kier molecular flexibility index (Phi) is 2.52. The van der Waals surface area contributed by atoms with Gasteiger partial charge in [-0.05, 0) is 5.41 Å². The zero-order valence-electron chi connectivity index (χ0n) is 5.64. The summed E-state index contributed by atoms with van der Waals surface area (Å²) >= 11 is 0. The Hall–Kier alpha value is -0.530. The van der Waals surface area contributed by atoms with Crippen molar-refractivity contribution in [3.8, 4) is 0 Å². The lowest BCUT2D eigenvalue weighted by atomic mass is 9.97. The van der Waals surface area contributed by atoms with E-state index >= 15 is 0 Å². The first-order valence-corrected chi connectivity index (χ1v) is 2.66. The maximum atomic E-state index is 9.68. The van der Waals surface area contributed by atoms with E-state index in [2.05, 4.69) is 5.32 Å². The topological polar surface area (TPSA) is 31.2 Å². The molecule has 0 N–H and O–H groups in total. The molecule has 0 unspecified atom stereocenters. The van der Waals surface area contributed by atoms with Gasteiger partial charge in [-0.15, -0.1) is 0 Å². The molecular formula is C6H12NO. The van der Waals surface area contributed by atoms with Gasteiger partial charge in [-0.1, -0.05) is 20.8 Å². The second-order valence-corrected chi connectivity index (χ2v) is 3.01. The van der Waals surface area contributed by atoms with Crippen molar-refractivity contribution >= 4 is 6.41 Å². The van der Waals surface area contributed by atoms with Crippen molar-refractivity contribution in [2.75, 3.05) is 6.54 Å². The zero-order valence-corrected chi connectivity index (χ0v) is 5.64. The Morgan fingerprint density at radius 3 is 2.12 bits per heavy atom. The molecular weight excluding hydrogens is 102 g/mol. The van der Waals surface area contributed by atoms with Gasteiger partial charge in [-0.2, -0.15) is 0 Å². The molecule has 0 aliphatic rings. The molecule has 0 aromatic heterocycles. The fraction of sp³-hybridized carbons (Fsp3) is 0.833. The van der Waals surface area contributed by atoms with Crippen molar-refractivity contribution in [1.82, 2.24) is 5.32 Å². The quantitative estimate of drug-likeness (QED) is 0.488. The summed E-state index contributed by atoms with van der Waals surface area (Å²) in [4.78, 5) is 9.68. The summed E-state index contributed by atoms with van der Waals surface area (Å²) in [6, 6.07) is 0. The van der Waals surface area contributed by atoms with Gasteiger partial charge in [-0.25, -0.2) is 0 Å². The van der Waals surface area contributed by atoms with Crippen LogP contribution in [0.15, 0.2) is 0 Å². The van der Waals surface area contributed by atoms with Crippen LogP contribution in [0.25, 0.3) is 0 Å².